The molecule has 0 bridgehead atoms. The lowest BCUT2D eigenvalue weighted by Gasteiger charge is -2.45. The number of halogens is 3. The molecule has 2 amide bonds. The summed E-state index contributed by atoms with van der Waals surface area (Å²) in [4.78, 5) is 30.4. The summed E-state index contributed by atoms with van der Waals surface area (Å²) in [6.45, 7) is -2.37. The van der Waals surface area contributed by atoms with Crippen molar-refractivity contribution in [2.24, 2.45) is 0 Å². The normalized spacial score (nSPS) is 21.6. The number of nitrogens with two attached hydrogens (primary N) is 1. The molecule has 2 aromatic heterocycles. The molecule has 0 aliphatic carbocycles. The van der Waals surface area contributed by atoms with Gasteiger partial charge < -0.3 is 15.5 Å². The van der Waals surface area contributed by atoms with E-state index in [2.05, 4.69) is 10.1 Å². The molecule has 0 unspecified atom stereocenters. The minimum atomic E-state index is -4.78. The molecule has 0 spiro atoms. The lowest BCUT2D eigenvalue weighted by molar-refractivity contribution is -0.145. The third-order valence-electron chi connectivity index (χ3n) is 5.16. The first-order chi connectivity index (χ1) is 16.4. The van der Waals surface area contributed by atoms with E-state index < -0.39 is 53.4 Å². The van der Waals surface area contributed by atoms with Gasteiger partial charge in [0.15, 0.2) is 5.82 Å². The Balaban J connectivity index is 1.93. The highest BCUT2D eigenvalue weighted by Gasteiger charge is 2.43. The van der Waals surface area contributed by atoms with Crippen LogP contribution in [0.1, 0.15) is 31.8 Å². The van der Waals surface area contributed by atoms with Crippen LogP contribution in [0.2, 0.25) is 0 Å². The number of nitrogen functional groups attached to an aromatic ring is 1. The quantitative estimate of drug-likeness (QED) is 0.648. The second-order valence-corrected chi connectivity index (χ2v) is 7.67. The van der Waals surface area contributed by atoms with E-state index in [4.69, 9.17) is 11.2 Å². The predicted molar refractivity (Wildman–Crippen MR) is 112 cm³/mol. The monoisotopic (exact) mass is 450 g/mol. The number of piperazine rings is 1. The maximum absolute atomic E-state index is 13.7. The van der Waals surface area contributed by atoms with Crippen LogP contribution in [0.3, 0.4) is 0 Å². The zero-order chi connectivity index (χ0) is 27.0. The van der Waals surface area contributed by atoms with E-state index in [9.17, 15) is 22.8 Å². The van der Waals surface area contributed by atoms with Gasteiger partial charge in [-0.25, -0.2) is 9.50 Å². The van der Waals surface area contributed by atoms with E-state index in [0.717, 1.165) is 23.8 Å². The third kappa shape index (κ3) is 3.33. The second-order valence-electron chi connectivity index (χ2n) is 7.67. The Morgan fingerprint density at radius 1 is 1.25 bits per heavy atom. The van der Waals surface area contributed by atoms with Gasteiger partial charge in [0.2, 0.25) is 5.91 Å². The molecule has 4 rings (SSSR count). The van der Waals surface area contributed by atoms with Gasteiger partial charge in [-0.3, -0.25) is 9.59 Å². The summed E-state index contributed by atoms with van der Waals surface area (Å²) in [6, 6.07) is 6.18. The molecule has 168 valence electrons. The van der Waals surface area contributed by atoms with E-state index in [1.54, 1.807) is 0 Å². The Morgan fingerprint density at radius 2 is 1.97 bits per heavy atom. The number of carbonyl (C=O) groups excluding carboxylic acids is 2. The second kappa shape index (κ2) is 7.21. The molecular weight excluding hydrogens is 425 g/mol. The number of nitrogens with zero attached hydrogens (tertiary/aromatic N) is 5. The lowest BCUT2D eigenvalue weighted by Crippen LogP contribution is -2.64. The Hall–Kier alpha value is -3.63. The molecule has 8 nitrogen and oxygen atoms in total. The van der Waals surface area contributed by atoms with Crippen LogP contribution in [0.25, 0.3) is 16.8 Å². The largest absolute Gasteiger partial charge is 0.418 e. The van der Waals surface area contributed by atoms with Crippen molar-refractivity contribution in [2.45, 2.75) is 32.5 Å². The molecule has 0 saturated carbocycles. The zero-order valence-corrected chi connectivity index (χ0v) is 17.2. The molecule has 3 aromatic rings. The van der Waals surface area contributed by atoms with Crippen LogP contribution in [-0.4, -0.2) is 49.8 Å². The number of carbonyl (C=O) groups is 2. The first kappa shape index (κ1) is 17.0. The average molecular weight is 450 g/mol. The summed E-state index contributed by atoms with van der Waals surface area (Å²) < 4.78 is 75.9. The minimum absolute atomic E-state index is 0.0640. The van der Waals surface area contributed by atoms with Crippen molar-refractivity contribution in [1.82, 2.24) is 19.5 Å². The number of aromatic nitrogens is 3. The fourth-order valence-electron chi connectivity index (χ4n) is 3.61. The van der Waals surface area contributed by atoms with Crippen molar-refractivity contribution in [2.75, 3.05) is 23.6 Å². The summed E-state index contributed by atoms with van der Waals surface area (Å²) in [6.07, 6.45) is -3.80. The van der Waals surface area contributed by atoms with Crippen LogP contribution in [0.5, 0.6) is 0 Å². The van der Waals surface area contributed by atoms with E-state index in [1.165, 1.54) is 38.1 Å². The number of amides is 2. The first-order valence-corrected chi connectivity index (χ1v) is 9.39. The van der Waals surface area contributed by atoms with Crippen LogP contribution >= 0.6 is 0 Å². The van der Waals surface area contributed by atoms with Gasteiger partial charge in [0.25, 0.3) is 5.91 Å². The van der Waals surface area contributed by atoms with Crippen LogP contribution in [0.4, 0.5) is 24.7 Å². The van der Waals surface area contributed by atoms with Crippen LogP contribution < -0.4 is 10.6 Å². The fourth-order valence-corrected chi connectivity index (χ4v) is 3.61. The van der Waals surface area contributed by atoms with Gasteiger partial charge in [-0.2, -0.15) is 18.3 Å². The van der Waals surface area contributed by atoms with Crippen molar-refractivity contribution in [3.63, 3.8) is 0 Å². The Kier molecular flexibility index (Phi) is 3.83. The SMILES string of the molecule is [2H]C1([2H])N(c2cccc(-c3cc(C(F)(F)F)c4c(N)ncnn34)c2)C(=O)C(C)(C)N(C(C)=O)C1([2H])[2H]. The summed E-state index contributed by atoms with van der Waals surface area (Å²) in [5, 5.41) is 3.88. The summed E-state index contributed by atoms with van der Waals surface area (Å²) in [5.41, 5.74) is 2.29. The molecule has 0 radical (unpaired) electrons. The van der Waals surface area contributed by atoms with Crippen molar-refractivity contribution >= 4 is 28.8 Å². The smallest absolute Gasteiger partial charge is 0.382 e. The number of rotatable bonds is 2. The van der Waals surface area contributed by atoms with Crippen molar-refractivity contribution in [3.05, 3.63) is 42.2 Å². The van der Waals surface area contributed by atoms with Gasteiger partial charge in [0, 0.05) is 31.2 Å². The molecular formula is C21H21F3N6O2. The molecule has 3 heterocycles. The van der Waals surface area contributed by atoms with Crippen molar-refractivity contribution in [3.8, 4) is 11.3 Å². The number of fused-ring (bicyclic) bond motifs is 1. The molecule has 11 heteroatoms. The number of anilines is 2. The molecule has 1 fully saturated rings. The highest BCUT2D eigenvalue weighted by atomic mass is 19.4. The third-order valence-corrected chi connectivity index (χ3v) is 5.16. The summed E-state index contributed by atoms with van der Waals surface area (Å²) in [5.74, 6) is -2.16. The van der Waals surface area contributed by atoms with Crippen LogP contribution in [-0.2, 0) is 15.8 Å². The standard InChI is InChI=1S/C21H21F3N6O2/c1-12(31)29-8-7-28(19(32)20(29,2)3)14-6-4-5-13(9-14)16-10-15(21(22,23)24)17-18(25)26-11-27-30(16)17/h4-6,9-11H,7-8H2,1-3H3,(H2,25,26,27)/i7D2,8D2. The lowest BCUT2D eigenvalue weighted by atomic mass is 9.96. The molecule has 1 aliphatic rings. The maximum Gasteiger partial charge on any atom is 0.418 e. The zero-order valence-electron chi connectivity index (χ0n) is 21.2. The summed E-state index contributed by atoms with van der Waals surface area (Å²) in [7, 11) is 0. The van der Waals surface area contributed by atoms with Crippen LogP contribution in [0, 0.1) is 0 Å². The van der Waals surface area contributed by atoms with Gasteiger partial charge in [-0.05, 0) is 32.0 Å². The number of benzene rings is 1. The van der Waals surface area contributed by atoms with Crippen molar-refractivity contribution in [1.29, 1.82) is 0 Å². The highest BCUT2D eigenvalue weighted by molar-refractivity contribution is 6.03. The Labute approximate surface area is 187 Å². The van der Waals surface area contributed by atoms with Gasteiger partial charge in [0.05, 0.1) is 16.7 Å². The molecule has 32 heavy (non-hydrogen) atoms. The van der Waals surface area contributed by atoms with Gasteiger partial charge >= 0.3 is 6.18 Å². The topological polar surface area (TPSA) is 96.8 Å². The molecule has 0 atom stereocenters. The fraction of sp³-hybridized carbons (Fsp3) is 0.333. The van der Waals surface area contributed by atoms with E-state index >= 15 is 0 Å². The molecule has 1 aromatic carbocycles. The number of hydrogen-bond acceptors (Lipinski definition) is 5. The Morgan fingerprint density at radius 3 is 2.62 bits per heavy atom. The maximum atomic E-state index is 13.7. The van der Waals surface area contributed by atoms with Gasteiger partial charge in [-0.15, -0.1) is 0 Å². The molecule has 2 N–H and O–H groups in total. The predicted octanol–water partition coefficient (Wildman–Crippen LogP) is 2.97. The average Bonchev–Trinajstić information content (AvgIpc) is 3.14. The first-order valence-electron chi connectivity index (χ1n) is 11.4. The highest BCUT2D eigenvalue weighted by Crippen LogP contribution is 2.39. The van der Waals surface area contributed by atoms with Crippen molar-refractivity contribution < 1.29 is 28.2 Å². The van der Waals surface area contributed by atoms with E-state index in [-0.39, 0.29) is 16.9 Å². The number of alkyl halides is 3. The Bertz CT molecular complexity index is 1410. The van der Waals surface area contributed by atoms with Gasteiger partial charge in [-0.1, -0.05) is 12.1 Å². The summed E-state index contributed by atoms with van der Waals surface area (Å²) >= 11 is 0. The van der Waals surface area contributed by atoms with E-state index in [0.29, 0.717) is 9.80 Å². The van der Waals surface area contributed by atoms with Gasteiger partial charge in [0.1, 0.15) is 17.4 Å². The number of hydrogen-bond donors (Lipinski definition) is 1. The van der Waals surface area contributed by atoms with E-state index in [1.807, 2.05) is 0 Å². The minimum Gasteiger partial charge on any atom is -0.382 e. The molecule has 1 saturated heterocycles. The molecule has 1 aliphatic heterocycles. The van der Waals surface area contributed by atoms with Crippen LogP contribution in [0.15, 0.2) is 36.7 Å².